The van der Waals surface area contributed by atoms with Crippen molar-refractivity contribution in [2.45, 2.75) is 37.5 Å². The average molecular weight is 411 g/mol. The van der Waals surface area contributed by atoms with Gasteiger partial charge in [0.25, 0.3) is 0 Å². The molecule has 0 spiro atoms. The number of benzene rings is 1. The first-order valence-corrected chi connectivity index (χ1v) is 10.4. The van der Waals surface area contributed by atoms with Crippen LogP contribution in [0, 0.1) is 0 Å². The topological polar surface area (TPSA) is 49.4 Å². The maximum atomic E-state index is 12.3. The number of carbonyl (C=O) groups excluding carboxylic acids is 2. The van der Waals surface area contributed by atoms with Crippen LogP contribution in [-0.4, -0.2) is 41.4 Å². The third-order valence-electron chi connectivity index (χ3n) is 5.03. The van der Waals surface area contributed by atoms with Crippen molar-refractivity contribution in [1.29, 1.82) is 0 Å². The van der Waals surface area contributed by atoms with Gasteiger partial charge in [0.2, 0.25) is 11.8 Å². The summed E-state index contributed by atoms with van der Waals surface area (Å²) < 4.78 is 1.08. The zero-order valence-corrected chi connectivity index (χ0v) is 16.1. The quantitative estimate of drug-likeness (QED) is 0.809. The van der Waals surface area contributed by atoms with Gasteiger partial charge in [-0.15, -0.1) is 11.8 Å². The van der Waals surface area contributed by atoms with E-state index in [4.69, 9.17) is 0 Å². The molecule has 130 valence electrons. The molecule has 1 aliphatic heterocycles. The summed E-state index contributed by atoms with van der Waals surface area (Å²) in [5, 5.41) is 3.10. The fourth-order valence-corrected chi connectivity index (χ4v) is 4.96. The number of rotatable bonds is 5. The molecule has 2 aliphatic rings. The van der Waals surface area contributed by atoms with Crippen LogP contribution < -0.4 is 5.32 Å². The van der Waals surface area contributed by atoms with Crippen molar-refractivity contribution in [2.24, 2.45) is 0 Å². The summed E-state index contributed by atoms with van der Waals surface area (Å²) in [5.41, 5.74) is 1.31. The van der Waals surface area contributed by atoms with E-state index in [-0.39, 0.29) is 23.8 Å². The van der Waals surface area contributed by atoms with Crippen LogP contribution in [-0.2, 0) is 15.0 Å². The summed E-state index contributed by atoms with van der Waals surface area (Å²) in [4.78, 5) is 25.6. The van der Waals surface area contributed by atoms with Crippen molar-refractivity contribution >= 4 is 39.5 Å². The first-order chi connectivity index (χ1) is 11.6. The van der Waals surface area contributed by atoms with E-state index in [9.17, 15) is 9.59 Å². The van der Waals surface area contributed by atoms with Crippen LogP contribution in [0.1, 0.15) is 37.7 Å². The van der Waals surface area contributed by atoms with Crippen molar-refractivity contribution < 1.29 is 9.59 Å². The third kappa shape index (κ3) is 4.14. The van der Waals surface area contributed by atoms with Gasteiger partial charge >= 0.3 is 0 Å². The molecule has 0 bridgehead atoms. The van der Waals surface area contributed by atoms with Gasteiger partial charge in [0, 0.05) is 16.4 Å². The van der Waals surface area contributed by atoms with E-state index in [1.54, 1.807) is 16.7 Å². The normalized spacial score (nSPS) is 20.2. The number of carbonyl (C=O) groups is 2. The lowest BCUT2D eigenvalue weighted by Gasteiger charge is -2.38. The number of hydrogen-bond acceptors (Lipinski definition) is 3. The monoisotopic (exact) mass is 410 g/mol. The average Bonchev–Trinajstić information content (AvgIpc) is 2.99. The van der Waals surface area contributed by atoms with Crippen LogP contribution in [0.3, 0.4) is 0 Å². The molecule has 0 unspecified atom stereocenters. The molecule has 6 heteroatoms. The fraction of sp³-hybridized carbons (Fsp3) is 0.556. The lowest BCUT2D eigenvalue weighted by atomic mass is 9.69. The Labute approximate surface area is 155 Å². The van der Waals surface area contributed by atoms with Gasteiger partial charge < -0.3 is 10.2 Å². The predicted octanol–water partition coefficient (Wildman–Crippen LogP) is 3.30. The van der Waals surface area contributed by atoms with Crippen LogP contribution in [0.5, 0.6) is 0 Å². The highest BCUT2D eigenvalue weighted by atomic mass is 79.9. The second-order valence-corrected chi connectivity index (χ2v) is 8.57. The summed E-state index contributed by atoms with van der Waals surface area (Å²) in [6, 6.07) is 8.45. The van der Waals surface area contributed by atoms with E-state index in [0.717, 1.165) is 17.3 Å². The molecule has 24 heavy (non-hydrogen) atoms. The standard InChI is InChI=1S/C18H23BrN2O2S/c19-15-6-4-5-14(9-15)18(7-2-1-3-8-18)12-20-16(22)10-21-13-24-11-17(21)23/h4-6,9H,1-3,7-8,10-13H2,(H,20,22). The van der Waals surface area contributed by atoms with E-state index in [1.165, 1.54) is 24.8 Å². The Kier molecular flexibility index (Phi) is 5.87. The Morgan fingerprint density at radius 1 is 1.29 bits per heavy atom. The Hall–Kier alpha value is -1.01. The van der Waals surface area contributed by atoms with E-state index in [0.29, 0.717) is 18.2 Å². The van der Waals surface area contributed by atoms with Crippen molar-refractivity contribution in [3.8, 4) is 0 Å². The third-order valence-corrected chi connectivity index (χ3v) is 6.47. The van der Waals surface area contributed by atoms with Crippen LogP contribution in [0.15, 0.2) is 28.7 Å². The van der Waals surface area contributed by atoms with Crippen LogP contribution in [0.25, 0.3) is 0 Å². The molecule has 2 fully saturated rings. The fourth-order valence-electron chi connectivity index (χ4n) is 3.65. The molecule has 0 radical (unpaired) electrons. The first kappa shape index (κ1) is 17.8. The summed E-state index contributed by atoms with van der Waals surface area (Å²) >= 11 is 5.13. The number of nitrogens with zero attached hydrogens (tertiary/aromatic N) is 1. The molecular weight excluding hydrogens is 388 g/mol. The molecule has 1 aliphatic carbocycles. The summed E-state index contributed by atoms with van der Waals surface area (Å²) in [6.07, 6.45) is 5.86. The number of amides is 2. The Balaban J connectivity index is 1.66. The van der Waals surface area contributed by atoms with Crippen molar-refractivity contribution in [2.75, 3.05) is 24.7 Å². The molecule has 1 saturated heterocycles. The first-order valence-electron chi connectivity index (χ1n) is 8.47. The van der Waals surface area contributed by atoms with Gasteiger partial charge in [-0.3, -0.25) is 9.59 Å². The van der Waals surface area contributed by atoms with Gasteiger partial charge in [0.1, 0.15) is 6.54 Å². The lowest BCUT2D eigenvalue weighted by molar-refractivity contribution is -0.132. The minimum Gasteiger partial charge on any atom is -0.354 e. The number of hydrogen-bond donors (Lipinski definition) is 1. The zero-order valence-electron chi connectivity index (χ0n) is 13.7. The molecule has 0 atom stereocenters. The summed E-state index contributed by atoms with van der Waals surface area (Å²) in [7, 11) is 0. The molecule has 0 aromatic heterocycles. The molecule has 4 nitrogen and oxygen atoms in total. The highest BCUT2D eigenvalue weighted by Crippen LogP contribution is 2.39. The Morgan fingerprint density at radius 3 is 2.75 bits per heavy atom. The highest BCUT2D eigenvalue weighted by Gasteiger charge is 2.34. The van der Waals surface area contributed by atoms with Gasteiger partial charge in [0.05, 0.1) is 11.6 Å². The maximum Gasteiger partial charge on any atom is 0.239 e. The number of thioether (sulfide) groups is 1. The number of nitrogens with one attached hydrogen (secondary N) is 1. The predicted molar refractivity (Wildman–Crippen MR) is 101 cm³/mol. The van der Waals surface area contributed by atoms with E-state index in [2.05, 4.69) is 39.4 Å². The molecule has 1 aromatic carbocycles. The Bertz CT molecular complexity index is 617. The second-order valence-electron chi connectivity index (χ2n) is 6.70. The van der Waals surface area contributed by atoms with Crippen molar-refractivity contribution in [3.05, 3.63) is 34.3 Å². The van der Waals surface area contributed by atoms with Crippen LogP contribution in [0.2, 0.25) is 0 Å². The SMILES string of the molecule is O=C(CN1CSCC1=O)NCC1(c2cccc(Br)c2)CCCCC1. The minimum absolute atomic E-state index is 0.0153. The van der Waals surface area contributed by atoms with Crippen molar-refractivity contribution in [3.63, 3.8) is 0 Å². The van der Waals surface area contributed by atoms with Gasteiger partial charge in [0.15, 0.2) is 0 Å². The Morgan fingerprint density at radius 2 is 2.08 bits per heavy atom. The maximum absolute atomic E-state index is 12.3. The van der Waals surface area contributed by atoms with Gasteiger partial charge in [-0.2, -0.15) is 0 Å². The second kappa shape index (κ2) is 7.91. The molecule has 3 rings (SSSR count). The smallest absolute Gasteiger partial charge is 0.239 e. The van der Waals surface area contributed by atoms with E-state index >= 15 is 0 Å². The summed E-state index contributed by atoms with van der Waals surface area (Å²) in [6.45, 7) is 0.831. The number of halogens is 1. The van der Waals surface area contributed by atoms with Crippen LogP contribution >= 0.6 is 27.7 Å². The largest absolute Gasteiger partial charge is 0.354 e. The minimum atomic E-state index is -0.0502. The molecule has 2 amide bonds. The van der Waals surface area contributed by atoms with E-state index in [1.807, 2.05) is 6.07 Å². The molecule has 1 N–H and O–H groups in total. The van der Waals surface area contributed by atoms with Gasteiger partial charge in [-0.1, -0.05) is 47.3 Å². The zero-order chi connectivity index (χ0) is 17.0. The van der Waals surface area contributed by atoms with Gasteiger partial charge in [-0.05, 0) is 30.5 Å². The summed E-state index contributed by atoms with van der Waals surface area (Å²) in [5.74, 6) is 1.14. The lowest BCUT2D eigenvalue weighted by Crippen LogP contribution is -2.45. The molecular formula is C18H23BrN2O2S. The molecule has 1 saturated carbocycles. The van der Waals surface area contributed by atoms with Crippen molar-refractivity contribution in [1.82, 2.24) is 10.2 Å². The highest BCUT2D eigenvalue weighted by molar-refractivity contribution is 9.10. The van der Waals surface area contributed by atoms with Gasteiger partial charge in [-0.25, -0.2) is 0 Å². The molecule has 1 heterocycles. The molecule has 1 aromatic rings. The van der Waals surface area contributed by atoms with E-state index < -0.39 is 0 Å². The van der Waals surface area contributed by atoms with Crippen LogP contribution in [0.4, 0.5) is 0 Å².